The Morgan fingerprint density at radius 1 is 0.850 bits per heavy atom. The maximum Gasteiger partial charge on any atom is 0.119 e. The van der Waals surface area contributed by atoms with Crippen LogP contribution in [0.15, 0.2) is 67.8 Å². The van der Waals surface area contributed by atoms with Gasteiger partial charge in [0.1, 0.15) is 5.75 Å². The second kappa shape index (κ2) is 6.76. The minimum Gasteiger partial charge on any atom is -0.508 e. The summed E-state index contributed by atoms with van der Waals surface area (Å²) in [5.41, 5.74) is 4.58. The van der Waals surface area contributed by atoms with Crippen molar-refractivity contribution in [3.63, 3.8) is 0 Å². The van der Waals surface area contributed by atoms with Crippen molar-refractivity contribution in [1.82, 2.24) is 0 Å². The highest BCUT2D eigenvalue weighted by molar-refractivity contribution is 5.48. The van der Waals surface area contributed by atoms with E-state index in [1.54, 1.807) is 6.07 Å². The number of aromatic hydroxyl groups is 1. The molecule has 0 unspecified atom stereocenters. The van der Waals surface area contributed by atoms with Gasteiger partial charge >= 0.3 is 0 Å². The first-order valence-corrected chi connectivity index (χ1v) is 6.84. The molecule has 1 heteroatoms. The van der Waals surface area contributed by atoms with Crippen molar-refractivity contribution in [2.24, 2.45) is 0 Å². The lowest BCUT2D eigenvalue weighted by Gasteiger charge is -2.15. The molecule has 2 aromatic rings. The van der Waals surface area contributed by atoms with E-state index in [0.717, 1.165) is 24.8 Å². The van der Waals surface area contributed by atoms with Crippen LogP contribution in [0.3, 0.4) is 0 Å². The summed E-state index contributed by atoms with van der Waals surface area (Å²) in [7, 11) is 0. The molecule has 0 fully saturated rings. The Balaban J connectivity index is 2.46. The van der Waals surface area contributed by atoms with Crippen LogP contribution in [0.4, 0.5) is 0 Å². The summed E-state index contributed by atoms with van der Waals surface area (Å²) in [6.07, 6.45) is 6.09. The van der Waals surface area contributed by atoms with Crippen LogP contribution in [-0.2, 0) is 19.3 Å². The molecule has 20 heavy (non-hydrogen) atoms. The average molecular weight is 264 g/mol. The van der Waals surface area contributed by atoms with E-state index >= 15 is 0 Å². The van der Waals surface area contributed by atoms with Gasteiger partial charge in [-0.05, 0) is 35.6 Å². The number of benzene rings is 2. The molecule has 1 nitrogen and oxygen atoms in total. The van der Waals surface area contributed by atoms with Gasteiger partial charge in [0.25, 0.3) is 0 Å². The van der Waals surface area contributed by atoms with Crippen molar-refractivity contribution in [2.45, 2.75) is 19.3 Å². The number of phenolic OH excluding ortho intramolecular Hbond substituents is 1. The average Bonchev–Trinajstić information content (AvgIpc) is 2.47. The van der Waals surface area contributed by atoms with Crippen LogP contribution in [0.1, 0.15) is 22.3 Å². The molecule has 0 heterocycles. The molecule has 0 bridgehead atoms. The van der Waals surface area contributed by atoms with Crippen molar-refractivity contribution in [1.29, 1.82) is 0 Å². The first kappa shape index (κ1) is 14.1. The lowest BCUT2D eigenvalue weighted by molar-refractivity contribution is 0.468. The minimum absolute atomic E-state index is 0.360. The number of hydrogen-bond acceptors (Lipinski definition) is 1. The summed E-state index contributed by atoms with van der Waals surface area (Å²) in [5, 5.41) is 10.2. The fraction of sp³-hybridized carbons (Fsp3) is 0.158. The lowest BCUT2D eigenvalue weighted by atomic mass is 9.91. The van der Waals surface area contributed by atoms with Crippen LogP contribution < -0.4 is 0 Å². The minimum atomic E-state index is 0.360. The molecule has 0 saturated carbocycles. The van der Waals surface area contributed by atoms with Crippen molar-refractivity contribution >= 4 is 0 Å². The summed E-state index contributed by atoms with van der Waals surface area (Å²) in [5.74, 6) is 0.360. The predicted molar refractivity (Wildman–Crippen MR) is 85.2 cm³/mol. The van der Waals surface area contributed by atoms with Crippen LogP contribution in [-0.4, -0.2) is 5.11 Å². The van der Waals surface area contributed by atoms with Gasteiger partial charge in [0.2, 0.25) is 0 Å². The molecular weight excluding hydrogens is 244 g/mol. The van der Waals surface area contributed by atoms with Gasteiger partial charge in [-0.15, -0.1) is 13.2 Å². The zero-order valence-corrected chi connectivity index (χ0v) is 11.7. The highest BCUT2D eigenvalue weighted by atomic mass is 16.3. The maximum absolute atomic E-state index is 10.2. The van der Waals surface area contributed by atoms with Crippen LogP contribution >= 0.6 is 0 Å². The van der Waals surface area contributed by atoms with Crippen LogP contribution in [0.5, 0.6) is 5.75 Å². The molecule has 0 radical (unpaired) electrons. The number of allylic oxidation sites excluding steroid dienone is 2. The smallest absolute Gasteiger partial charge is 0.119 e. The third-order valence-corrected chi connectivity index (χ3v) is 3.44. The molecule has 0 amide bonds. The van der Waals surface area contributed by atoms with Crippen molar-refractivity contribution in [3.8, 4) is 5.75 Å². The van der Waals surface area contributed by atoms with Crippen LogP contribution in [0.25, 0.3) is 0 Å². The molecule has 0 aliphatic carbocycles. The number of hydrogen-bond donors (Lipinski definition) is 1. The Morgan fingerprint density at radius 3 is 2.20 bits per heavy atom. The van der Waals surface area contributed by atoms with E-state index in [1.165, 1.54) is 16.7 Å². The van der Waals surface area contributed by atoms with Crippen molar-refractivity contribution < 1.29 is 5.11 Å². The fourth-order valence-electron chi connectivity index (χ4n) is 2.47. The van der Waals surface area contributed by atoms with Crippen molar-refractivity contribution in [3.05, 3.63) is 90.0 Å². The molecule has 0 saturated heterocycles. The van der Waals surface area contributed by atoms with Crippen molar-refractivity contribution in [2.75, 3.05) is 0 Å². The van der Waals surface area contributed by atoms with Gasteiger partial charge in [-0.1, -0.05) is 48.6 Å². The molecule has 0 atom stereocenters. The summed E-state index contributed by atoms with van der Waals surface area (Å²) in [6.45, 7) is 7.63. The quantitative estimate of drug-likeness (QED) is 0.765. The topological polar surface area (TPSA) is 20.2 Å². The molecule has 102 valence electrons. The lowest BCUT2D eigenvalue weighted by Crippen LogP contribution is -2.01. The fourth-order valence-corrected chi connectivity index (χ4v) is 2.47. The van der Waals surface area contributed by atoms with E-state index in [0.29, 0.717) is 5.75 Å². The van der Waals surface area contributed by atoms with Gasteiger partial charge in [0.15, 0.2) is 0 Å². The zero-order valence-electron chi connectivity index (χ0n) is 11.7. The predicted octanol–water partition coefficient (Wildman–Crippen LogP) is 4.44. The largest absolute Gasteiger partial charge is 0.508 e. The van der Waals surface area contributed by atoms with Crippen LogP contribution in [0, 0.1) is 0 Å². The highest BCUT2D eigenvalue weighted by Crippen LogP contribution is 2.28. The zero-order chi connectivity index (χ0) is 14.4. The molecule has 2 rings (SSSR count). The summed E-state index contributed by atoms with van der Waals surface area (Å²) < 4.78 is 0. The Labute approximate surface area is 120 Å². The third-order valence-electron chi connectivity index (χ3n) is 3.44. The Kier molecular flexibility index (Phi) is 4.78. The van der Waals surface area contributed by atoms with E-state index in [1.807, 2.05) is 36.4 Å². The maximum atomic E-state index is 10.2. The van der Waals surface area contributed by atoms with Gasteiger partial charge in [-0.2, -0.15) is 0 Å². The molecular formula is C19H20O. The number of phenols is 1. The summed E-state index contributed by atoms with van der Waals surface area (Å²) in [6, 6.07) is 14.0. The van der Waals surface area contributed by atoms with E-state index in [2.05, 4.69) is 25.3 Å². The molecule has 0 aliphatic rings. The van der Waals surface area contributed by atoms with Gasteiger partial charge in [-0.25, -0.2) is 0 Å². The Bertz CT molecular complexity index is 597. The Morgan fingerprint density at radius 2 is 1.55 bits per heavy atom. The molecule has 2 aromatic carbocycles. The standard InChI is InChI=1S/C19H20O/c1-3-8-16-12-13-19(20)18(17(16)9-4-2)14-15-10-6-5-7-11-15/h3-7,10-13,20H,1-2,8-9,14H2. The SMILES string of the molecule is C=CCc1ccc(O)c(Cc2ccccc2)c1CC=C. The van der Waals surface area contributed by atoms with Crippen LogP contribution in [0.2, 0.25) is 0 Å². The Hall–Kier alpha value is -2.28. The molecule has 0 aromatic heterocycles. The molecule has 1 N–H and O–H groups in total. The third kappa shape index (κ3) is 3.18. The second-order valence-corrected chi connectivity index (χ2v) is 4.85. The first-order chi connectivity index (χ1) is 9.76. The van der Waals surface area contributed by atoms with E-state index in [4.69, 9.17) is 0 Å². The van der Waals surface area contributed by atoms with Gasteiger partial charge < -0.3 is 5.11 Å². The first-order valence-electron chi connectivity index (χ1n) is 6.84. The molecule has 0 aliphatic heterocycles. The number of rotatable bonds is 6. The summed E-state index contributed by atoms with van der Waals surface area (Å²) >= 11 is 0. The summed E-state index contributed by atoms with van der Waals surface area (Å²) in [4.78, 5) is 0. The van der Waals surface area contributed by atoms with Gasteiger partial charge in [0.05, 0.1) is 0 Å². The monoisotopic (exact) mass is 264 g/mol. The van der Waals surface area contributed by atoms with Gasteiger partial charge in [-0.3, -0.25) is 0 Å². The van der Waals surface area contributed by atoms with E-state index < -0.39 is 0 Å². The highest BCUT2D eigenvalue weighted by Gasteiger charge is 2.12. The van der Waals surface area contributed by atoms with E-state index in [9.17, 15) is 5.11 Å². The van der Waals surface area contributed by atoms with E-state index in [-0.39, 0.29) is 0 Å². The molecule has 0 spiro atoms. The second-order valence-electron chi connectivity index (χ2n) is 4.85. The normalized spacial score (nSPS) is 10.2. The van der Waals surface area contributed by atoms with Gasteiger partial charge in [0, 0.05) is 12.0 Å².